The van der Waals surface area contributed by atoms with Crippen molar-refractivity contribution < 1.29 is 13.5 Å². The number of hydrogen-bond donors (Lipinski definition) is 0. The molecule has 1 saturated carbocycles. The number of benzene rings is 3. The maximum absolute atomic E-state index is 15.2. The molecule has 1 aliphatic rings. The van der Waals surface area contributed by atoms with E-state index >= 15 is 4.39 Å². The van der Waals surface area contributed by atoms with E-state index in [1.165, 1.54) is 56.6 Å². The van der Waals surface area contributed by atoms with Crippen LogP contribution in [0.2, 0.25) is 5.02 Å². The van der Waals surface area contributed by atoms with E-state index in [1.54, 1.807) is 19.2 Å². The summed E-state index contributed by atoms with van der Waals surface area (Å²) in [6, 6.07) is 14.8. The van der Waals surface area contributed by atoms with E-state index in [4.69, 9.17) is 16.3 Å². The van der Waals surface area contributed by atoms with Gasteiger partial charge in [0.1, 0.15) is 11.6 Å². The minimum absolute atomic E-state index is 0.113. The normalized spacial score (nSPS) is 18.5. The second-order valence-corrected chi connectivity index (χ2v) is 10.3. The van der Waals surface area contributed by atoms with Gasteiger partial charge >= 0.3 is 0 Å². The Morgan fingerprint density at radius 1 is 0.824 bits per heavy atom. The third-order valence-corrected chi connectivity index (χ3v) is 7.84. The van der Waals surface area contributed by atoms with Crippen LogP contribution in [0.5, 0.6) is 0 Å². The van der Waals surface area contributed by atoms with E-state index in [0.29, 0.717) is 23.8 Å². The van der Waals surface area contributed by atoms with Crippen molar-refractivity contribution >= 4 is 22.4 Å². The van der Waals surface area contributed by atoms with Crippen molar-refractivity contribution in [1.82, 2.24) is 0 Å². The molecule has 34 heavy (non-hydrogen) atoms. The third-order valence-electron chi connectivity index (χ3n) is 7.53. The Morgan fingerprint density at radius 2 is 1.53 bits per heavy atom. The molecule has 0 aromatic heterocycles. The van der Waals surface area contributed by atoms with Crippen molar-refractivity contribution in [2.45, 2.75) is 64.2 Å². The molecule has 1 aliphatic carbocycles. The summed E-state index contributed by atoms with van der Waals surface area (Å²) in [5.74, 6) is 1.10. The molecule has 0 saturated heterocycles. The minimum atomic E-state index is -0.430. The van der Waals surface area contributed by atoms with Gasteiger partial charge in [0.25, 0.3) is 0 Å². The van der Waals surface area contributed by atoms with Crippen LogP contribution in [-0.2, 0) is 24.0 Å². The zero-order valence-corrected chi connectivity index (χ0v) is 20.8. The van der Waals surface area contributed by atoms with E-state index in [2.05, 4.69) is 12.1 Å². The van der Waals surface area contributed by atoms with E-state index in [-0.39, 0.29) is 10.8 Å². The first kappa shape index (κ1) is 25.1. The Morgan fingerprint density at radius 3 is 2.26 bits per heavy atom. The fourth-order valence-corrected chi connectivity index (χ4v) is 5.52. The first-order valence-electron chi connectivity index (χ1n) is 12.7. The molecular formula is C30H35ClF2O. The van der Waals surface area contributed by atoms with Crippen molar-refractivity contribution in [3.63, 3.8) is 0 Å². The molecule has 0 spiro atoms. The second-order valence-electron chi connectivity index (χ2n) is 9.90. The van der Waals surface area contributed by atoms with Gasteiger partial charge in [-0.15, -0.1) is 0 Å². The van der Waals surface area contributed by atoms with Crippen LogP contribution in [0.15, 0.2) is 48.5 Å². The molecule has 3 aromatic rings. The molecule has 0 bridgehead atoms. The molecule has 3 aromatic carbocycles. The largest absolute Gasteiger partial charge is 0.385 e. The number of rotatable bonds is 10. The van der Waals surface area contributed by atoms with Gasteiger partial charge in [-0.2, -0.15) is 0 Å². The van der Waals surface area contributed by atoms with Gasteiger partial charge in [-0.05, 0) is 84.6 Å². The first-order valence-corrected chi connectivity index (χ1v) is 13.0. The van der Waals surface area contributed by atoms with Crippen molar-refractivity contribution in [1.29, 1.82) is 0 Å². The molecule has 182 valence electrons. The molecule has 0 aliphatic heterocycles. The fraction of sp³-hybridized carbons (Fsp3) is 0.467. The highest BCUT2D eigenvalue weighted by Crippen LogP contribution is 2.34. The predicted octanol–water partition coefficient (Wildman–Crippen LogP) is 8.72. The van der Waals surface area contributed by atoms with Crippen LogP contribution in [0.4, 0.5) is 8.78 Å². The highest BCUT2D eigenvalue weighted by atomic mass is 35.5. The molecule has 0 unspecified atom stereocenters. The van der Waals surface area contributed by atoms with Gasteiger partial charge in [0.2, 0.25) is 0 Å². The first-order chi connectivity index (χ1) is 16.5. The summed E-state index contributed by atoms with van der Waals surface area (Å²) in [6.07, 6.45) is 11.2. The fourth-order valence-electron chi connectivity index (χ4n) is 5.41. The lowest BCUT2D eigenvalue weighted by Gasteiger charge is -2.28. The number of halogens is 3. The minimum Gasteiger partial charge on any atom is -0.385 e. The molecule has 4 rings (SSSR count). The van der Waals surface area contributed by atoms with Gasteiger partial charge in [0.15, 0.2) is 0 Å². The van der Waals surface area contributed by atoms with E-state index in [9.17, 15) is 4.39 Å². The van der Waals surface area contributed by atoms with E-state index in [0.717, 1.165) is 35.8 Å². The summed E-state index contributed by atoms with van der Waals surface area (Å²) in [5.41, 5.74) is 2.78. The van der Waals surface area contributed by atoms with Crippen LogP contribution >= 0.6 is 11.6 Å². The molecule has 0 amide bonds. The lowest BCUT2D eigenvalue weighted by Crippen LogP contribution is -2.15. The zero-order valence-electron chi connectivity index (χ0n) is 20.1. The smallest absolute Gasteiger partial charge is 0.142 e. The average Bonchev–Trinajstić information content (AvgIpc) is 2.85. The van der Waals surface area contributed by atoms with Gasteiger partial charge < -0.3 is 4.74 Å². The molecule has 0 heterocycles. The van der Waals surface area contributed by atoms with Gasteiger partial charge in [0.05, 0.1) is 5.02 Å². The highest BCUT2D eigenvalue weighted by molar-refractivity contribution is 6.30. The van der Waals surface area contributed by atoms with Crippen molar-refractivity contribution in [2.24, 2.45) is 11.8 Å². The molecule has 1 nitrogen and oxygen atoms in total. The van der Waals surface area contributed by atoms with Gasteiger partial charge in [-0.3, -0.25) is 0 Å². The lowest BCUT2D eigenvalue weighted by molar-refractivity contribution is 0.175. The Balaban J connectivity index is 1.31. The Hall–Kier alpha value is -1.97. The highest BCUT2D eigenvalue weighted by Gasteiger charge is 2.20. The summed E-state index contributed by atoms with van der Waals surface area (Å²) in [7, 11) is 1.78. The standard InChI is InChI=1S/C30H35ClF2O/c1-34-18-2-3-21-4-6-22(7-5-21)8-9-23-11-16-27-26(19-23)15-14-25(30(27)33)13-10-24-12-17-28(31)29(32)20-24/h11-12,14-17,19-22H,2-10,13,18H2,1H3. The number of ether oxygens (including phenoxy) is 1. The molecule has 0 N–H and O–H groups in total. The molecule has 0 radical (unpaired) electrons. The Labute approximate surface area is 207 Å². The summed E-state index contributed by atoms with van der Waals surface area (Å²) < 4.78 is 34.0. The predicted molar refractivity (Wildman–Crippen MR) is 138 cm³/mol. The third kappa shape index (κ3) is 6.58. The van der Waals surface area contributed by atoms with E-state index < -0.39 is 5.82 Å². The summed E-state index contributed by atoms with van der Waals surface area (Å²) in [6.45, 7) is 0.881. The second kappa shape index (κ2) is 12.1. The quantitative estimate of drug-likeness (QED) is 0.261. The molecule has 1 fully saturated rings. The van der Waals surface area contributed by atoms with Crippen molar-refractivity contribution in [3.05, 3.63) is 81.9 Å². The molecule has 0 atom stereocenters. The average molecular weight is 485 g/mol. The Kier molecular flexibility index (Phi) is 8.97. The number of fused-ring (bicyclic) bond motifs is 1. The summed E-state index contributed by atoms with van der Waals surface area (Å²) in [5, 5.41) is 1.74. The van der Waals surface area contributed by atoms with Crippen LogP contribution in [0, 0.1) is 23.5 Å². The number of methoxy groups -OCH3 is 1. The van der Waals surface area contributed by atoms with Crippen LogP contribution in [0.1, 0.15) is 61.6 Å². The van der Waals surface area contributed by atoms with E-state index in [1.807, 2.05) is 18.2 Å². The topological polar surface area (TPSA) is 9.23 Å². The van der Waals surface area contributed by atoms with Crippen LogP contribution in [0.25, 0.3) is 10.8 Å². The van der Waals surface area contributed by atoms with Gasteiger partial charge in [-0.1, -0.05) is 73.7 Å². The van der Waals surface area contributed by atoms with Crippen LogP contribution in [0.3, 0.4) is 0 Å². The van der Waals surface area contributed by atoms with Gasteiger partial charge in [-0.25, -0.2) is 8.78 Å². The van der Waals surface area contributed by atoms with Crippen LogP contribution < -0.4 is 0 Å². The summed E-state index contributed by atoms with van der Waals surface area (Å²) in [4.78, 5) is 0. The molecule has 4 heteroatoms. The van der Waals surface area contributed by atoms with Crippen LogP contribution in [-0.4, -0.2) is 13.7 Å². The van der Waals surface area contributed by atoms with Gasteiger partial charge in [0, 0.05) is 19.1 Å². The monoisotopic (exact) mass is 484 g/mol. The summed E-state index contributed by atoms with van der Waals surface area (Å²) >= 11 is 5.76. The van der Waals surface area contributed by atoms with Crippen molar-refractivity contribution in [2.75, 3.05) is 13.7 Å². The van der Waals surface area contributed by atoms with Crippen molar-refractivity contribution in [3.8, 4) is 0 Å². The maximum Gasteiger partial charge on any atom is 0.142 e. The maximum atomic E-state index is 15.2. The lowest BCUT2D eigenvalue weighted by atomic mass is 9.78. The zero-order chi connectivity index (χ0) is 23.9. The number of hydrogen-bond acceptors (Lipinski definition) is 1. The Bertz CT molecular complexity index is 1090. The SMILES string of the molecule is COCCCC1CCC(CCc2ccc3c(F)c(CCc4ccc(Cl)c(F)c4)ccc3c2)CC1. The number of aryl methyl sites for hydroxylation is 3. The molecular weight excluding hydrogens is 450 g/mol.